The van der Waals surface area contributed by atoms with Gasteiger partial charge in [0, 0.05) is 48.4 Å². The predicted molar refractivity (Wildman–Crippen MR) is 144 cm³/mol. The van der Waals surface area contributed by atoms with Crippen molar-refractivity contribution in [2.45, 2.75) is 13.5 Å². The number of fused-ring (bicyclic) bond motifs is 3. The van der Waals surface area contributed by atoms with Crippen molar-refractivity contribution >= 4 is 27.7 Å². The highest BCUT2D eigenvalue weighted by molar-refractivity contribution is 6.14. The number of rotatable bonds is 7. The monoisotopic (exact) mass is 474 g/mol. The largest absolute Gasteiger partial charge is 0.408 e. The molecule has 0 radical (unpaired) electrons. The van der Waals surface area contributed by atoms with Gasteiger partial charge in [-0.3, -0.25) is 4.79 Å². The number of amides is 1. The minimum atomic E-state index is -0.248. The Bertz CT molecular complexity index is 1590. The molecule has 2 aromatic heterocycles. The predicted octanol–water partition coefficient (Wildman–Crippen LogP) is 4.95. The highest BCUT2D eigenvalue weighted by Crippen LogP contribution is 2.36. The Morgan fingerprint density at radius 2 is 1.75 bits per heavy atom. The molecular formula is C30H26N4O2. The number of para-hydroxylation sites is 1. The van der Waals surface area contributed by atoms with E-state index in [-0.39, 0.29) is 5.91 Å². The smallest absolute Gasteiger partial charge is 0.269 e. The van der Waals surface area contributed by atoms with Gasteiger partial charge >= 0.3 is 0 Å². The van der Waals surface area contributed by atoms with Crippen molar-refractivity contribution in [3.8, 4) is 29.0 Å². The molecule has 2 heterocycles. The molecule has 0 saturated carbocycles. The van der Waals surface area contributed by atoms with Gasteiger partial charge in [-0.25, -0.2) is 4.98 Å². The lowest BCUT2D eigenvalue weighted by atomic mass is 10.1. The maximum Gasteiger partial charge on any atom is 0.269 e. The van der Waals surface area contributed by atoms with E-state index in [1.54, 1.807) is 6.92 Å². The van der Waals surface area contributed by atoms with E-state index < -0.39 is 0 Å². The molecule has 0 atom stereocenters. The highest BCUT2D eigenvalue weighted by Gasteiger charge is 2.20. The van der Waals surface area contributed by atoms with Crippen molar-refractivity contribution in [1.29, 1.82) is 0 Å². The first-order chi connectivity index (χ1) is 17.7. The number of hydrogen-bond acceptors (Lipinski definition) is 4. The van der Waals surface area contributed by atoms with Crippen molar-refractivity contribution in [3.05, 3.63) is 96.2 Å². The molecule has 3 N–H and O–H groups in total. The molecule has 0 spiro atoms. The zero-order chi connectivity index (χ0) is 24.9. The summed E-state index contributed by atoms with van der Waals surface area (Å²) in [6.07, 6.45) is 2.62. The highest BCUT2D eigenvalue weighted by atomic mass is 16.5. The zero-order valence-corrected chi connectivity index (χ0v) is 20.0. The van der Waals surface area contributed by atoms with Gasteiger partial charge in [0.25, 0.3) is 5.91 Å². The van der Waals surface area contributed by atoms with Crippen LogP contribution in [0, 0.1) is 12.0 Å². The molecule has 5 aromatic rings. The van der Waals surface area contributed by atoms with Crippen LogP contribution in [0.1, 0.15) is 23.0 Å². The van der Waals surface area contributed by atoms with E-state index in [0.29, 0.717) is 31.1 Å². The van der Waals surface area contributed by atoms with Crippen molar-refractivity contribution in [2.75, 3.05) is 13.1 Å². The summed E-state index contributed by atoms with van der Waals surface area (Å²) in [4.78, 5) is 17.8. The summed E-state index contributed by atoms with van der Waals surface area (Å²) in [6, 6.07) is 28.1. The maximum atomic E-state index is 13.0. The molecule has 0 aliphatic heterocycles. The number of benzene rings is 3. The number of nitrogens with two attached hydrogens (primary N) is 1. The standard InChI is InChI=1S/C30H26N4O2/c1-2-18-36-23-14-12-22(13-15-23)28-29-25(19-26(33-28)30(35)32-17-16-31)24-10-6-7-11-27(24)34(29)20-21-8-4-3-5-9-21/h3-15,19H,16-17,20,31H2,1H3,(H,32,35). The van der Waals surface area contributed by atoms with Gasteiger partial charge in [-0.2, -0.15) is 0 Å². The first kappa shape index (κ1) is 23.2. The third-order valence-electron chi connectivity index (χ3n) is 5.99. The van der Waals surface area contributed by atoms with E-state index in [1.165, 1.54) is 5.56 Å². The quantitative estimate of drug-likeness (QED) is 0.327. The second kappa shape index (κ2) is 10.3. The molecule has 178 valence electrons. The second-order valence-corrected chi connectivity index (χ2v) is 8.36. The molecule has 0 fully saturated rings. The number of carbonyl (C=O) groups excluding carboxylic acids is 1. The van der Waals surface area contributed by atoms with E-state index in [9.17, 15) is 4.79 Å². The third kappa shape index (κ3) is 4.52. The minimum absolute atomic E-state index is 0.248. The van der Waals surface area contributed by atoms with Crippen LogP contribution in [0.25, 0.3) is 33.1 Å². The van der Waals surface area contributed by atoms with Crippen LogP contribution in [0.2, 0.25) is 0 Å². The van der Waals surface area contributed by atoms with Gasteiger partial charge in [-0.1, -0.05) is 54.5 Å². The van der Waals surface area contributed by atoms with Gasteiger partial charge in [-0.05, 0) is 42.0 Å². The first-order valence-corrected chi connectivity index (χ1v) is 11.8. The van der Waals surface area contributed by atoms with E-state index >= 15 is 0 Å². The Hall–Kier alpha value is -4.60. The number of hydrogen-bond donors (Lipinski definition) is 2. The van der Waals surface area contributed by atoms with E-state index in [1.807, 2.05) is 60.7 Å². The molecule has 36 heavy (non-hydrogen) atoms. The Labute approximate surface area is 209 Å². The number of pyridine rings is 1. The summed E-state index contributed by atoms with van der Waals surface area (Å²) in [5.74, 6) is 3.12. The first-order valence-electron chi connectivity index (χ1n) is 11.8. The van der Waals surface area contributed by atoms with Crippen molar-refractivity contribution < 1.29 is 9.53 Å². The molecule has 1 amide bonds. The van der Waals surface area contributed by atoms with Crippen molar-refractivity contribution in [1.82, 2.24) is 14.9 Å². The number of nitrogens with zero attached hydrogens (tertiary/aromatic N) is 2. The maximum absolute atomic E-state index is 13.0. The number of ether oxygens (including phenoxy) is 1. The number of aromatic nitrogens is 2. The molecule has 6 nitrogen and oxygen atoms in total. The van der Waals surface area contributed by atoms with Gasteiger partial charge in [-0.15, -0.1) is 0 Å². The molecule has 0 saturated heterocycles. The van der Waals surface area contributed by atoms with Gasteiger partial charge in [0.05, 0.1) is 11.2 Å². The summed E-state index contributed by atoms with van der Waals surface area (Å²) < 4.78 is 7.70. The Morgan fingerprint density at radius 1 is 1.00 bits per heavy atom. The normalized spacial score (nSPS) is 10.7. The van der Waals surface area contributed by atoms with Crippen LogP contribution < -0.4 is 15.8 Å². The SMILES string of the molecule is CC#COc1ccc(-c2nc(C(=O)NCCN)cc3c4ccccc4n(Cc4ccccc4)c23)cc1. The Balaban J connectivity index is 1.76. The van der Waals surface area contributed by atoms with E-state index in [0.717, 1.165) is 33.1 Å². The Morgan fingerprint density at radius 3 is 2.50 bits per heavy atom. The van der Waals surface area contributed by atoms with Gasteiger partial charge < -0.3 is 20.4 Å². The van der Waals surface area contributed by atoms with Gasteiger partial charge in [0.1, 0.15) is 17.5 Å². The lowest BCUT2D eigenvalue weighted by molar-refractivity contribution is 0.0950. The average Bonchev–Trinajstić information content (AvgIpc) is 3.24. The molecule has 0 unspecified atom stereocenters. The van der Waals surface area contributed by atoms with Crippen LogP contribution >= 0.6 is 0 Å². The molecule has 0 bridgehead atoms. The van der Waals surface area contributed by atoms with Gasteiger partial charge in [0.2, 0.25) is 0 Å². The van der Waals surface area contributed by atoms with Crippen LogP contribution in [0.4, 0.5) is 0 Å². The third-order valence-corrected chi connectivity index (χ3v) is 5.99. The summed E-state index contributed by atoms with van der Waals surface area (Å²) in [5.41, 5.74) is 10.8. The van der Waals surface area contributed by atoms with Crippen LogP contribution in [-0.2, 0) is 6.54 Å². The fraction of sp³-hybridized carbons (Fsp3) is 0.133. The number of carbonyl (C=O) groups is 1. The minimum Gasteiger partial charge on any atom is -0.408 e. The molecule has 3 aromatic carbocycles. The van der Waals surface area contributed by atoms with E-state index in [2.05, 4.69) is 46.2 Å². The van der Waals surface area contributed by atoms with Crippen molar-refractivity contribution in [3.63, 3.8) is 0 Å². The molecule has 0 aliphatic carbocycles. The lowest BCUT2D eigenvalue weighted by Gasteiger charge is -2.13. The second-order valence-electron chi connectivity index (χ2n) is 8.36. The fourth-order valence-electron chi connectivity index (χ4n) is 4.39. The zero-order valence-electron chi connectivity index (χ0n) is 20.0. The van der Waals surface area contributed by atoms with Crippen molar-refractivity contribution in [2.24, 2.45) is 5.73 Å². The Kier molecular flexibility index (Phi) is 6.65. The van der Waals surface area contributed by atoms with E-state index in [4.69, 9.17) is 15.5 Å². The van der Waals surface area contributed by atoms with Crippen LogP contribution in [0.5, 0.6) is 5.75 Å². The molecular weight excluding hydrogens is 448 g/mol. The lowest BCUT2D eigenvalue weighted by Crippen LogP contribution is -2.29. The topological polar surface area (TPSA) is 82.2 Å². The number of nitrogens with one attached hydrogen (secondary N) is 1. The molecule has 5 rings (SSSR count). The van der Waals surface area contributed by atoms with Gasteiger partial charge in [0.15, 0.2) is 0 Å². The fourth-order valence-corrected chi connectivity index (χ4v) is 4.39. The van der Waals surface area contributed by atoms with Crippen LogP contribution in [-0.4, -0.2) is 28.5 Å². The summed E-state index contributed by atoms with van der Waals surface area (Å²) >= 11 is 0. The average molecular weight is 475 g/mol. The molecule has 0 aliphatic rings. The summed E-state index contributed by atoms with van der Waals surface area (Å²) in [6.45, 7) is 3.14. The van der Waals surface area contributed by atoms with Crippen LogP contribution in [0.3, 0.4) is 0 Å². The van der Waals surface area contributed by atoms with Crippen LogP contribution in [0.15, 0.2) is 84.9 Å². The molecule has 6 heteroatoms. The summed E-state index contributed by atoms with van der Waals surface area (Å²) in [7, 11) is 0. The summed E-state index contributed by atoms with van der Waals surface area (Å²) in [5, 5.41) is 4.89.